The Morgan fingerprint density at radius 1 is 0.857 bits per heavy atom. The van der Waals surface area contributed by atoms with E-state index < -0.39 is 0 Å². The summed E-state index contributed by atoms with van der Waals surface area (Å²) in [6, 6.07) is 15.2. The third-order valence-electron chi connectivity index (χ3n) is 5.27. The van der Waals surface area contributed by atoms with Crippen LogP contribution in [0.4, 0.5) is 0 Å². The fourth-order valence-corrected chi connectivity index (χ4v) is 3.69. The lowest BCUT2D eigenvalue weighted by Gasteiger charge is -2.23. The Balaban J connectivity index is 1.53. The van der Waals surface area contributed by atoms with E-state index >= 15 is 0 Å². The van der Waals surface area contributed by atoms with Crippen LogP contribution >= 0.6 is 0 Å². The summed E-state index contributed by atoms with van der Waals surface area (Å²) in [6.07, 6.45) is 10.6. The van der Waals surface area contributed by atoms with E-state index in [2.05, 4.69) is 18.2 Å². The molecule has 2 aromatic carbocycles. The van der Waals surface area contributed by atoms with Crippen LogP contribution in [-0.4, -0.2) is 23.7 Å². The van der Waals surface area contributed by atoms with Crippen molar-refractivity contribution in [1.29, 1.82) is 0 Å². The minimum absolute atomic E-state index is 0.236. The summed E-state index contributed by atoms with van der Waals surface area (Å²) in [5, 5.41) is 9.53. The van der Waals surface area contributed by atoms with E-state index in [-0.39, 0.29) is 5.75 Å². The van der Waals surface area contributed by atoms with Crippen LogP contribution in [0.15, 0.2) is 59.6 Å². The Morgan fingerprint density at radius 3 is 2.32 bits per heavy atom. The number of hydrogen-bond acceptors (Lipinski definition) is 4. The van der Waals surface area contributed by atoms with Gasteiger partial charge in [-0.15, -0.1) is 0 Å². The van der Waals surface area contributed by atoms with Crippen molar-refractivity contribution in [1.82, 2.24) is 0 Å². The quantitative estimate of drug-likeness (QED) is 0.743. The minimum Gasteiger partial charge on any atom is -0.508 e. The average Bonchev–Trinajstić information content (AvgIpc) is 2.71. The van der Waals surface area contributed by atoms with E-state index in [9.17, 15) is 5.11 Å². The fraction of sp³-hybridized carbons (Fsp3) is 0.375. The third kappa shape index (κ3) is 4.75. The Morgan fingerprint density at radius 2 is 1.57 bits per heavy atom. The number of rotatable bonds is 4. The largest absolute Gasteiger partial charge is 0.508 e. The first-order valence-electron chi connectivity index (χ1n) is 10.3. The van der Waals surface area contributed by atoms with Crippen molar-refractivity contribution in [3.63, 3.8) is 0 Å². The number of nitrogens with zero attached hydrogens (tertiary/aromatic N) is 1. The first-order valence-corrected chi connectivity index (χ1v) is 10.3. The zero-order valence-corrected chi connectivity index (χ0v) is 16.1. The van der Waals surface area contributed by atoms with Crippen molar-refractivity contribution >= 4 is 11.6 Å². The number of ether oxygens (including phenoxy) is 2. The molecule has 1 saturated carbocycles. The maximum Gasteiger partial charge on any atom is 0.221 e. The molecule has 146 valence electrons. The van der Waals surface area contributed by atoms with Crippen molar-refractivity contribution in [2.75, 3.05) is 6.61 Å². The van der Waals surface area contributed by atoms with E-state index in [1.165, 1.54) is 19.3 Å². The number of hydrogen-bond donors (Lipinski definition) is 1. The molecule has 0 atom stereocenters. The number of allylic oxidation sites excluding steroid dienone is 1. The van der Waals surface area contributed by atoms with Gasteiger partial charge >= 0.3 is 0 Å². The fourth-order valence-electron chi connectivity index (χ4n) is 3.69. The van der Waals surface area contributed by atoms with Gasteiger partial charge in [-0.3, -0.25) is 0 Å². The molecule has 0 unspecified atom stereocenters. The van der Waals surface area contributed by atoms with Crippen LogP contribution < -0.4 is 4.74 Å². The summed E-state index contributed by atoms with van der Waals surface area (Å²) in [5.41, 5.74) is 2.83. The lowest BCUT2D eigenvalue weighted by molar-refractivity contribution is 0.155. The Kier molecular flexibility index (Phi) is 5.95. The standard InChI is InChI=1S/C24H27NO3/c26-20-13-9-19(10-14-20)24-25-23(8-4-5-17-27-24)18-11-15-22(16-12-18)28-21-6-2-1-3-7-21/h8-16,21,26H,1-7,17H2/b23-8+,25-24?. The molecule has 0 saturated heterocycles. The van der Waals surface area contributed by atoms with Gasteiger partial charge in [0.15, 0.2) is 0 Å². The number of benzene rings is 2. The molecule has 4 nitrogen and oxygen atoms in total. The van der Waals surface area contributed by atoms with Gasteiger partial charge in [-0.25, -0.2) is 4.99 Å². The maximum atomic E-state index is 9.53. The van der Waals surface area contributed by atoms with Gasteiger partial charge < -0.3 is 14.6 Å². The molecule has 1 fully saturated rings. The summed E-state index contributed by atoms with van der Waals surface area (Å²) in [5.74, 6) is 1.76. The summed E-state index contributed by atoms with van der Waals surface area (Å²) >= 11 is 0. The predicted molar refractivity (Wildman–Crippen MR) is 112 cm³/mol. The van der Waals surface area contributed by atoms with Gasteiger partial charge in [0.05, 0.1) is 18.4 Å². The highest BCUT2D eigenvalue weighted by Crippen LogP contribution is 2.27. The molecule has 4 rings (SSSR count). The molecule has 1 aliphatic carbocycles. The first-order chi connectivity index (χ1) is 13.8. The van der Waals surface area contributed by atoms with E-state index in [4.69, 9.17) is 14.5 Å². The average molecular weight is 377 g/mol. The molecule has 0 radical (unpaired) electrons. The Hall–Kier alpha value is -2.75. The minimum atomic E-state index is 0.236. The molecule has 2 aliphatic rings. The van der Waals surface area contributed by atoms with Crippen LogP contribution in [-0.2, 0) is 4.74 Å². The van der Waals surface area contributed by atoms with Crippen LogP contribution in [0.2, 0.25) is 0 Å². The van der Waals surface area contributed by atoms with Crippen molar-refractivity contribution < 1.29 is 14.6 Å². The third-order valence-corrected chi connectivity index (χ3v) is 5.27. The molecule has 1 N–H and O–H groups in total. The molecular weight excluding hydrogens is 350 g/mol. The van der Waals surface area contributed by atoms with Crippen molar-refractivity contribution in [3.8, 4) is 11.5 Å². The lowest BCUT2D eigenvalue weighted by Crippen LogP contribution is -2.19. The molecule has 1 heterocycles. The molecule has 2 aromatic rings. The highest BCUT2D eigenvalue weighted by molar-refractivity contribution is 5.97. The Labute approximate surface area is 166 Å². The molecule has 4 heteroatoms. The first kappa shape index (κ1) is 18.6. The van der Waals surface area contributed by atoms with Gasteiger partial charge in [0.25, 0.3) is 0 Å². The van der Waals surface area contributed by atoms with Gasteiger partial charge in [-0.2, -0.15) is 0 Å². The van der Waals surface area contributed by atoms with E-state index in [0.717, 1.165) is 48.3 Å². The zero-order valence-electron chi connectivity index (χ0n) is 16.1. The van der Waals surface area contributed by atoms with Crippen LogP contribution in [0.5, 0.6) is 11.5 Å². The summed E-state index contributed by atoms with van der Waals surface area (Å²) < 4.78 is 12.0. The predicted octanol–water partition coefficient (Wildman–Crippen LogP) is 5.70. The molecular formula is C24H27NO3. The SMILES string of the molecule is Oc1ccc(C2=N/C(c3ccc(OC4CCCCC4)cc3)=C/CCCO2)cc1. The van der Waals surface area contributed by atoms with Crippen LogP contribution in [0.25, 0.3) is 5.70 Å². The molecule has 0 spiro atoms. The van der Waals surface area contributed by atoms with Gasteiger partial charge in [0, 0.05) is 11.1 Å². The normalized spacial score (nSPS) is 20.1. The summed E-state index contributed by atoms with van der Waals surface area (Å²) in [4.78, 5) is 4.78. The van der Waals surface area contributed by atoms with Gasteiger partial charge in [0.1, 0.15) is 11.5 Å². The molecule has 0 amide bonds. The smallest absolute Gasteiger partial charge is 0.221 e. The highest BCUT2D eigenvalue weighted by Gasteiger charge is 2.15. The second-order valence-corrected chi connectivity index (χ2v) is 7.45. The van der Waals surface area contributed by atoms with E-state index in [1.54, 1.807) is 12.1 Å². The van der Waals surface area contributed by atoms with Crippen LogP contribution in [0, 0.1) is 0 Å². The highest BCUT2D eigenvalue weighted by atomic mass is 16.5. The van der Waals surface area contributed by atoms with Crippen LogP contribution in [0.3, 0.4) is 0 Å². The monoisotopic (exact) mass is 377 g/mol. The van der Waals surface area contributed by atoms with Gasteiger partial charge in [-0.1, -0.05) is 12.5 Å². The lowest BCUT2D eigenvalue weighted by atomic mass is 9.98. The number of phenols is 1. The van der Waals surface area contributed by atoms with Gasteiger partial charge in [0.2, 0.25) is 5.90 Å². The van der Waals surface area contributed by atoms with E-state index in [0.29, 0.717) is 18.6 Å². The number of phenolic OH excluding ortho intramolecular Hbond substituents is 1. The van der Waals surface area contributed by atoms with Crippen LogP contribution in [0.1, 0.15) is 56.1 Å². The van der Waals surface area contributed by atoms with Crippen molar-refractivity contribution in [3.05, 3.63) is 65.7 Å². The summed E-state index contributed by atoms with van der Waals surface area (Å²) in [7, 11) is 0. The Bertz CT molecular complexity index is 831. The molecule has 28 heavy (non-hydrogen) atoms. The number of aromatic hydroxyl groups is 1. The molecule has 1 aliphatic heterocycles. The van der Waals surface area contributed by atoms with Crippen molar-refractivity contribution in [2.24, 2.45) is 4.99 Å². The zero-order chi connectivity index (χ0) is 19.2. The number of aliphatic imine (C=N–C) groups is 1. The second kappa shape index (κ2) is 8.96. The maximum absolute atomic E-state index is 9.53. The van der Waals surface area contributed by atoms with E-state index in [1.807, 2.05) is 24.3 Å². The molecule has 0 aromatic heterocycles. The summed E-state index contributed by atoms with van der Waals surface area (Å²) in [6.45, 7) is 0.637. The topological polar surface area (TPSA) is 51.1 Å². The van der Waals surface area contributed by atoms with Crippen molar-refractivity contribution in [2.45, 2.75) is 51.0 Å². The van der Waals surface area contributed by atoms with Gasteiger partial charge in [-0.05, 0) is 87.1 Å². The second-order valence-electron chi connectivity index (χ2n) is 7.45. The molecule has 0 bridgehead atoms.